The Balaban J connectivity index is 0.000000196. The number of rotatable bonds is 10. The molecule has 0 aromatic heterocycles. The molecule has 0 unspecified atom stereocenters. The maximum atomic E-state index is 14.5. The summed E-state index contributed by atoms with van der Waals surface area (Å²) in [5, 5.41) is 0. The summed E-state index contributed by atoms with van der Waals surface area (Å²) < 4.78 is 280. The Labute approximate surface area is 363 Å². The zero-order valence-electron chi connectivity index (χ0n) is 34.3. The molecule has 4 aromatic rings. The molecule has 4 aromatic carbocycles. The molecule has 4 aliphatic rings. The van der Waals surface area contributed by atoms with Crippen LogP contribution in [0.15, 0.2) is 0 Å². The van der Waals surface area contributed by atoms with E-state index in [4.69, 9.17) is 43.8 Å². The van der Waals surface area contributed by atoms with Crippen LogP contribution in [-0.4, -0.2) is 54.1 Å². The Kier molecular flexibility index (Phi) is 11.9. The van der Waals surface area contributed by atoms with E-state index in [0.717, 1.165) is 0 Å². The van der Waals surface area contributed by atoms with Crippen LogP contribution in [0.25, 0.3) is 0 Å². The summed E-state index contributed by atoms with van der Waals surface area (Å²) in [5.74, 6) is -46.0. The summed E-state index contributed by atoms with van der Waals surface area (Å²) in [6.07, 6.45) is 1.40. The van der Waals surface area contributed by atoms with Crippen LogP contribution >= 0.6 is 15.0 Å². The van der Waals surface area contributed by atoms with Crippen LogP contribution in [0.4, 0.5) is 70.2 Å². The molecule has 10 nitrogen and oxygen atoms in total. The first-order valence-corrected chi connectivity index (χ1v) is 27.8. The molecule has 4 aliphatic heterocycles. The van der Waals surface area contributed by atoms with Crippen LogP contribution in [0.5, 0.6) is 46.0 Å². The van der Waals surface area contributed by atoms with E-state index in [1.165, 1.54) is 0 Å². The summed E-state index contributed by atoms with van der Waals surface area (Å²) >= 11 is 0. The fraction of sp³-hybridized carbons (Fsp3) is 0.333. The van der Waals surface area contributed by atoms with Gasteiger partial charge in [-0.15, -0.1) is 0 Å². The van der Waals surface area contributed by atoms with Crippen LogP contribution < -0.4 is 35.4 Å². The molecule has 30 heteroatoms. The molecular weight excluding hydrogens is 1010 g/mol. The average Bonchev–Trinajstić information content (AvgIpc) is 4.06. The zero-order valence-corrected chi connectivity index (χ0v) is 38.1. The fourth-order valence-corrected chi connectivity index (χ4v) is 23.8. The summed E-state index contributed by atoms with van der Waals surface area (Å²) in [5.41, 5.74) is 0. The Morgan fingerprint density at radius 2 is 0.379 bits per heavy atom. The summed E-state index contributed by atoms with van der Waals surface area (Å²) in [4.78, 5) is 0. The van der Waals surface area contributed by atoms with Gasteiger partial charge in [0.15, 0.2) is 0 Å². The first-order valence-electron chi connectivity index (χ1n) is 19.2. The number of halogens is 16. The molecule has 2 spiro atoms. The molecule has 0 radical (unpaired) electrons. The van der Waals surface area contributed by atoms with Crippen LogP contribution in [0.1, 0.15) is 41.5 Å². The van der Waals surface area contributed by atoms with E-state index < -0.39 is 171 Å². The van der Waals surface area contributed by atoms with Gasteiger partial charge in [0.05, 0.1) is 0 Å². The molecule has 0 saturated heterocycles. The fourth-order valence-electron chi connectivity index (χ4n) is 7.19. The summed E-state index contributed by atoms with van der Waals surface area (Å²) in [7, 11) is -18.5. The van der Waals surface area contributed by atoms with Gasteiger partial charge in [-0.25, -0.2) is 0 Å². The molecular formula is C36H30F16O10P2Si2. The Morgan fingerprint density at radius 3 is 0.485 bits per heavy atom. The molecule has 0 N–H and O–H groups in total. The second-order valence-electron chi connectivity index (χ2n) is 14.3. The van der Waals surface area contributed by atoms with Gasteiger partial charge in [0.1, 0.15) is 0 Å². The van der Waals surface area contributed by atoms with Crippen LogP contribution in [0, 0.1) is 93.1 Å². The molecule has 364 valence electrons. The topological polar surface area (TPSA) is 92.3 Å². The van der Waals surface area contributed by atoms with Gasteiger partial charge in [-0.1, -0.05) is 0 Å². The third-order valence-corrected chi connectivity index (χ3v) is 27.7. The van der Waals surface area contributed by atoms with E-state index in [0.29, 0.717) is 0 Å². The van der Waals surface area contributed by atoms with Gasteiger partial charge in [0.25, 0.3) is 0 Å². The van der Waals surface area contributed by atoms with Crippen molar-refractivity contribution in [2.24, 2.45) is 0 Å². The van der Waals surface area contributed by atoms with Gasteiger partial charge in [-0.3, -0.25) is 0 Å². The van der Waals surface area contributed by atoms with Crippen LogP contribution in [0.3, 0.4) is 0 Å². The molecule has 0 aliphatic carbocycles. The number of hydrogen-bond donors (Lipinski definition) is 0. The predicted molar refractivity (Wildman–Crippen MR) is 201 cm³/mol. The predicted octanol–water partition coefficient (Wildman–Crippen LogP) is 11.9. The van der Waals surface area contributed by atoms with E-state index in [9.17, 15) is 70.2 Å². The van der Waals surface area contributed by atoms with E-state index >= 15 is 0 Å². The van der Waals surface area contributed by atoms with E-state index in [1.54, 1.807) is 41.5 Å². The van der Waals surface area contributed by atoms with E-state index in [2.05, 4.69) is 0 Å². The van der Waals surface area contributed by atoms with Crippen LogP contribution in [0.2, 0.25) is 0 Å². The number of hydrogen-bond acceptors (Lipinski definition) is 10. The Hall–Kier alpha value is -4.63. The minimum absolute atomic E-state index is 0.233. The first-order chi connectivity index (χ1) is 30.7. The van der Waals surface area contributed by atoms with Crippen molar-refractivity contribution in [2.45, 2.75) is 41.5 Å². The third kappa shape index (κ3) is 6.89. The Bertz CT molecular complexity index is 2230. The van der Waals surface area contributed by atoms with Crippen molar-refractivity contribution in [1.82, 2.24) is 0 Å². The standard InChI is InChI=1S/2C18H15F8O5PSi/c2*1-4-32(5-2,6-3)31-33(27-15-11(23)7(19)8(20)12(24)16(15)28-33)29-17-13(25)9(21)10(22)14(26)18(17)30-33/h2*4-6H2,1-3H3. The van der Waals surface area contributed by atoms with Gasteiger partial charge in [-0.05, 0) is 0 Å². The normalized spacial score (nSPS) is 18.5. The van der Waals surface area contributed by atoms with Gasteiger partial charge in [0, 0.05) is 0 Å². The molecule has 0 bridgehead atoms. The molecule has 4 heterocycles. The van der Waals surface area contributed by atoms with Crippen molar-refractivity contribution < 1.29 is 114 Å². The van der Waals surface area contributed by atoms with Crippen molar-refractivity contribution in [3.8, 4) is 46.0 Å². The van der Waals surface area contributed by atoms with Crippen molar-refractivity contribution in [2.75, 3.05) is 37.0 Å². The second kappa shape index (κ2) is 16.0. The molecule has 0 atom stereocenters. The van der Waals surface area contributed by atoms with Crippen molar-refractivity contribution in [3.63, 3.8) is 0 Å². The zero-order chi connectivity index (χ0) is 49.1. The SMILES string of the molecule is CC[P+](CC)(CC)O[Si-]12(Oc3c(F)c(F)c(F)c(F)c3O1)Oc1c(F)c(F)c(F)c(F)c1O2.CC[P+](CC)(CC)O[Si-]12(Oc3c(F)c(F)c(F)c(F)c3O1)Oc1c(F)c(F)c(F)c(F)c1O2. The third-order valence-electron chi connectivity index (χ3n) is 11.0. The monoisotopic (exact) mass is 1040 g/mol. The minimum atomic E-state index is -6.47. The first kappa shape index (κ1) is 49.3. The number of benzene rings is 4. The molecule has 0 saturated carbocycles. The van der Waals surface area contributed by atoms with E-state index in [1.807, 2.05) is 0 Å². The quantitative estimate of drug-likeness (QED) is 0.0503. The number of fused-ring (bicyclic) bond motifs is 4. The molecule has 0 amide bonds. The summed E-state index contributed by atoms with van der Waals surface area (Å²) in [6.45, 7) is 9.87. The average molecular weight is 1040 g/mol. The van der Waals surface area contributed by atoms with Gasteiger partial charge >= 0.3 is 364 Å². The van der Waals surface area contributed by atoms with Crippen molar-refractivity contribution >= 4 is 32.1 Å². The van der Waals surface area contributed by atoms with Crippen molar-refractivity contribution in [1.29, 1.82) is 0 Å². The van der Waals surface area contributed by atoms with Gasteiger partial charge < -0.3 is 0 Å². The second-order valence-corrected chi connectivity index (χ2v) is 28.8. The van der Waals surface area contributed by atoms with Gasteiger partial charge in [-0.2, -0.15) is 0 Å². The van der Waals surface area contributed by atoms with Crippen LogP contribution in [-0.2, 0) is 8.43 Å². The van der Waals surface area contributed by atoms with Crippen molar-refractivity contribution in [3.05, 3.63) is 93.1 Å². The Morgan fingerprint density at radius 1 is 0.258 bits per heavy atom. The maximum absolute atomic E-state index is 14.5. The summed E-state index contributed by atoms with van der Waals surface area (Å²) in [6, 6.07) is 0. The van der Waals surface area contributed by atoms with E-state index in [-0.39, 0.29) is 37.0 Å². The van der Waals surface area contributed by atoms with Gasteiger partial charge in [0.2, 0.25) is 0 Å². The molecule has 8 rings (SSSR count). The molecule has 0 fully saturated rings. The molecule has 66 heavy (non-hydrogen) atoms.